The second-order valence-corrected chi connectivity index (χ2v) is 7.53. The van der Waals surface area contributed by atoms with Crippen LogP contribution in [-0.2, 0) is 0 Å². The third-order valence-corrected chi connectivity index (χ3v) is 5.53. The normalized spacial score (nSPS) is 41.6. The summed E-state index contributed by atoms with van der Waals surface area (Å²) in [5.41, 5.74) is -1.14. The Bertz CT molecular complexity index is 355. The number of alkyl halides is 1. The van der Waals surface area contributed by atoms with Gasteiger partial charge < -0.3 is 20.4 Å². The zero-order valence-corrected chi connectivity index (χ0v) is 13.5. The van der Waals surface area contributed by atoms with Gasteiger partial charge in [0, 0.05) is 13.1 Å². The quantitative estimate of drug-likeness (QED) is 0.599. The highest BCUT2D eigenvalue weighted by atomic mass is 19.1. The molecule has 1 heterocycles. The van der Waals surface area contributed by atoms with E-state index in [1.165, 1.54) is 0 Å². The average molecular weight is 319 g/mol. The molecule has 130 valence electrons. The van der Waals surface area contributed by atoms with E-state index in [1.54, 1.807) is 13.8 Å². The van der Waals surface area contributed by atoms with Crippen molar-refractivity contribution in [3.05, 3.63) is 0 Å². The molecule has 5 nitrogen and oxygen atoms in total. The summed E-state index contributed by atoms with van der Waals surface area (Å²) in [7, 11) is 0. The minimum atomic E-state index is -1.21. The van der Waals surface area contributed by atoms with Crippen molar-refractivity contribution in [2.24, 2.45) is 11.8 Å². The van der Waals surface area contributed by atoms with Gasteiger partial charge >= 0.3 is 0 Å². The van der Waals surface area contributed by atoms with Gasteiger partial charge in [0.15, 0.2) is 0 Å². The van der Waals surface area contributed by atoms with Crippen LogP contribution in [0.15, 0.2) is 0 Å². The van der Waals surface area contributed by atoms with Crippen LogP contribution in [0, 0.1) is 11.8 Å². The number of β-amino-alcohol motifs (C(OH)–C–C–N with tert-alkyl or cyclic N) is 1. The van der Waals surface area contributed by atoms with Crippen molar-refractivity contribution < 1.29 is 24.8 Å². The number of halogens is 1. The number of likely N-dealkylation sites (tertiary alicyclic amines) is 1. The fourth-order valence-corrected chi connectivity index (χ4v) is 3.95. The van der Waals surface area contributed by atoms with Crippen molar-refractivity contribution in [3.63, 3.8) is 0 Å². The van der Waals surface area contributed by atoms with Crippen molar-refractivity contribution in [3.8, 4) is 0 Å². The summed E-state index contributed by atoms with van der Waals surface area (Å²) in [5.74, 6) is 0.471. The van der Waals surface area contributed by atoms with E-state index in [-0.39, 0.29) is 19.1 Å². The molecule has 0 amide bonds. The molecule has 6 heteroatoms. The maximum absolute atomic E-state index is 14.0. The molecule has 4 atom stereocenters. The molecule has 1 saturated carbocycles. The van der Waals surface area contributed by atoms with Gasteiger partial charge in [-0.15, -0.1) is 0 Å². The van der Waals surface area contributed by atoms with Crippen molar-refractivity contribution in [2.45, 2.75) is 69.6 Å². The Morgan fingerprint density at radius 1 is 1.05 bits per heavy atom. The Balaban J connectivity index is 1.90. The van der Waals surface area contributed by atoms with Crippen LogP contribution in [0.1, 0.15) is 39.5 Å². The first-order chi connectivity index (χ1) is 10.2. The summed E-state index contributed by atoms with van der Waals surface area (Å²) in [6, 6.07) is -0.547. The molecular weight excluding hydrogens is 289 g/mol. The van der Waals surface area contributed by atoms with Crippen molar-refractivity contribution in [1.29, 1.82) is 0 Å². The summed E-state index contributed by atoms with van der Waals surface area (Å²) < 4.78 is 14.0. The zero-order valence-electron chi connectivity index (χ0n) is 13.5. The smallest absolute Gasteiger partial charge is 0.109 e. The number of hydrogen-bond acceptors (Lipinski definition) is 5. The lowest BCUT2D eigenvalue weighted by Gasteiger charge is -2.45. The van der Waals surface area contributed by atoms with Crippen molar-refractivity contribution >= 4 is 0 Å². The maximum Gasteiger partial charge on any atom is 0.109 e. The van der Waals surface area contributed by atoms with Gasteiger partial charge in [-0.05, 0) is 51.4 Å². The number of nitrogens with zero attached hydrogens (tertiary/aromatic N) is 1. The lowest BCUT2D eigenvalue weighted by atomic mass is 9.75. The lowest BCUT2D eigenvalue weighted by Crippen LogP contribution is -2.63. The van der Waals surface area contributed by atoms with E-state index in [0.29, 0.717) is 12.5 Å². The molecule has 1 aliphatic carbocycles. The maximum atomic E-state index is 14.0. The molecule has 2 rings (SSSR count). The Labute approximate surface area is 131 Å². The second-order valence-electron chi connectivity index (χ2n) is 7.53. The summed E-state index contributed by atoms with van der Waals surface area (Å²) in [6.45, 7) is 3.93. The number of rotatable bonds is 4. The van der Waals surface area contributed by atoms with E-state index >= 15 is 0 Å². The molecule has 0 aromatic rings. The van der Waals surface area contributed by atoms with E-state index in [2.05, 4.69) is 0 Å². The predicted molar refractivity (Wildman–Crippen MR) is 81.1 cm³/mol. The molecule has 0 aromatic heterocycles. The van der Waals surface area contributed by atoms with Gasteiger partial charge in [0.25, 0.3) is 0 Å². The van der Waals surface area contributed by atoms with Crippen LogP contribution in [0.2, 0.25) is 0 Å². The highest BCUT2D eigenvalue weighted by molar-refractivity contribution is 4.95. The van der Waals surface area contributed by atoms with Gasteiger partial charge in [-0.25, -0.2) is 4.39 Å². The van der Waals surface area contributed by atoms with Gasteiger partial charge in [-0.1, -0.05) is 0 Å². The molecule has 0 aromatic carbocycles. The van der Waals surface area contributed by atoms with E-state index < -0.39 is 30.0 Å². The summed E-state index contributed by atoms with van der Waals surface area (Å²) in [6.07, 6.45) is 0.173. The fourth-order valence-electron chi connectivity index (χ4n) is 3.95. The Kier molecular flexibility index (Phi) is 5.83. The highest BCUT2D eigenvalue weighted by Crippen LogP contribution is 2.38. The van der Waals surface area contributed by atoms with E-state index in [1.807, 2.05) is 4.90 Å². The molecule has 0 unspecified atom stereocenters. The molecule has 1 aliphatic heterocycles. The number of piperidine rings is 1. The molecule has 2 aliphatic rings. The third kappa shape index (κ3) is 3.97. The average Bonchev–Trinajstić information content (AvgIpc) is 2.45. The zero-order chi connectivity index (χ0) is 16.5. The Morgan fingerprint density at radius 3 is 2.14 bits per heavy atom. The first kappa shape index (κ1) is 18.1. The minimum Gasteiger partial charge on any atom is -0.395 e. The van der Waals surface area contributed by atoms with Crippen molar-refractivity contribution in [1.82, 2.24) is 4.90 Å². The minimum absolute atomic E-state index is 0.0942. The van der Waals surface area contributed by atoms with E-state index in [0.717, 1.165) is 25.7 Å². The van der Waals surface area contributed by atoms with Crippen LogP contribution >= 0.6 is 0 Å². The second kappa shape index (κ2) is 7.09. The van der Waals surface area contributed by atoms with Crippen LogP contribution in [0.5, 0.6) is 0 Å². The van der Waals surface area contributed by atoms with Crippen LogP contribution in [0.4, 0.5) is 4.39 Å². The summed E-state index contributed by atoms with van der Waals surface area (Å²) in [4.78, 5) is 1.87. The van der Waals surface area contributed by atoms with Gasteiger partial charge in [0.1, 0.15) is 17.9 Å². The Morgan fingerprint density at radius 2 is 1.64 bits per heavy atom. The predicted octanol–water partition coefficient (Wildman–Crippen LogP) is 0.300. The van der Waals surface area contributed by atoms with Gasteiger partial charge in [-0.2, -0.15) is 0 Å². The monoisotopic (exact) mass is 319 g/mol. The lowest BCUT2D eigenvalue weighted by molar-refractivity contribution is -0.148. The highest BCUT2D eigenvalue weighted by Gasteiger charge is 2.42. The van der Waals surface area contributed by atoms with Crippen LogP contribution in [0.25, 0.3) is 0 Å². The molecule has 22 heavy (non-hydrogen) atoms. The molecule has 0 spiro atoms. The Hall–Kier alpha value is -0.270. The molecule has 0 bridgehead atoms. The van der Waals surface area contributed by atoms with Crippen LogP contribution < -0.4 is 0 Å². The molecule has 1 saturated heterocycles. The van der Waals surface area contributed by atoms with Gasteiger partial charge in [-0.3, -0.25) is 4.90 Å². The topological polar surface area (TPSA) is 84.2 Å². The fraction of sp³-hybridized carbons (Fsp3) is 1.00. The van der Waals surface area contributed by atoms with Gasteiger partial charge in [0.05, 0.1) is 18.8 Å². The van der Waals surface area contributed by atoms with Gasteiger partial charge in [0.2, 0.25) is 0 Å². The third-order valence-electron chi connectivity index (χ3n) is 5.53. The number of aliphatic hydroxyl groups excluding tert-OH is 4. The van der Waals surface area contributed by atoms with Crippen LogP contribution in [-0.4, -0.2) is 75.0 Å². The molecular formula is C16H30FNO4. The summed E-state index contributed by atoms with van der Waals surface area (Å²) >= 11 is 0. The first-order valence-electron chi connectivity index (χ1n) is 8.32. The van der Waals surface area contributed by atoms with Crippen molar-refractivity contribution in [2.75, 3.05) is 19.7 Å². The largest absolute Gasteiger partial charge is 0.395 e. The van der Waals surface area contributed by atoms with E-state index in [9.17, 15) is 24.8 Å². The first-order valence-corrected chi connectivity index (χ1v) is 8.32. The number of hydrogen-bond donors (Lipinski definition) is 4. The number of aliphatic hydroxyl groups is 4. The standard InChI is InChI=1S/C16H30FNO4/c1-16(2,17)11-5-3-10(4-6-11)7-18-8-13(20)15(22)14(21)12(18)9-19/h10-15,19-22H,3-9H2,1-2H3/t10-,11-,12-,13-,14+,15+/m0/s1. The van der Waals surface area contributed by atoms with Crippen LogP contribution in [0.3, 0.4) is 0 Å². The summed E-state index contributed by atoms with van der Waals surface area (Å²) in [5, 5.41) is 39.0. The molecule has 4 N–H and O–H groups in total. The SMILES string of the molecule is CC(C)(F)[C@H]1CC[C@H](CN2C[C@H](O)[C@@H](O)[C@H](O)[C@@H]2CO)CC1. The van der Waals surface area contributed by atoms with E-state index in [4.69, 9.17) is 0 Å². The molecule has 0 radical (unpaired) electrons. The molecule has 2 fully saturated rings.